The molecule has 0 saturated carbocycles. The van der Waals surface area contributed by atoms with Crippen molar-refractivity contribution in [2.75, 3.05) is 18.4 Å². The van der Waals surface area contributed by atoms with E-state index in [0.29, 0.717) is 30.8 Å². The number of nitrogens with one attached hydrogen (secondary N) is 4. The molecule has 0 aliphatic carbocycles. The van der Waals surface area contributed by atoms with Gasteiger partial charge in [0.1, 0.15) is 6.04 Å². The highest BCUT2D eigenvalue weighted by molar-refractivity contribution is 6.04. The quantitative estimate of drug-likeness (QED) is 0.264. The number of aromatic nitrogens is 1. The number of halogens is 1. The Bertz CT molecular complexity index is 1550. The van der Waals surface area contributed by atoms with Crippen LogP contribution in [0.25, 0.3) is 10.9 Å². The van der Waals surface area contributed by atoms with Gasteiger partial charge < -0.3 is 25.8 Å². The maximum atomic E-state index is 14.0. The van der Waals surface area contributed by atoms with Crippen LogP contribution in [0.15, 0.2) is 79.0 Å². The van der Waals surface area contributed by atoms with Crippen molar-refractivity contribution < 1.29 is 14.4 Å². The first-order valence-corrected chi connectivity index (χ1v) is 13.9. The van der Waals surface area contributed by atoms with Gasteiger partial charge in [-0.15, -0.1) is 12.4 Å². The Labute approximate surface area is 245 Å². The van der Waals surface area contributed by atoms with Crippen molar-refractivity contribution in [2.24, 2.45) is 5.92 Å². The Balaban J connectivity index is 0.00000337. The van der Waals surface area contributed by atoms with E-state index >= 15 is 0 Å². The number of hydrogen-bond donors (Lipinski definition) is 4. The number of hydrogen-bond acceptors (Lipinski definition) is 4. The van der Waals surface area contributed by atoms with E-state index in [0.717, 1.165) is 53.5 Å². The lowest BCUT2D eigenvalue weighted by atomic mass is 9.96. The minimum atomic E-state index is -0.673. The van der Waals surface area contributed by atoms with E-state index in [2.05, 4.69) is 20.9 Å². The molecule has 3 amide bonds. The van der Waals surface area contributed by atoms with Crippen molar-refractivity contribution >= 4 is 46.7 Å². The van der Waals surface area contributed by atoms with E-state index in [4.69, 9.17) is 0 Å². The maximum absolute atomic E-state index is 14.0. The molecule has 8 nitrogen and oxygen atoms in total. The molecule has 4 aromatic rings. The van der Waals surface area contributed by atoms with Gasteiger partial charge in [-0.3, -0.25) is 14.4 Å². The summed E-state index contributed by atoms with van der Waals surface area (Å²) in [5.41, 5.74) is 5.33. The summed E-state index contributed by atoms with van der Waals surface area (Å²) in [5, 5.41) is 10.4. The Morgan fingerprint density at radius 1 is 0.902 bits per heavy atom. The summed E-state index contributed by atoms with van der Waals surface area (Å²) in [4.78, 5) is 44.9. The van der Waals surface area contributed by atoms with Crippen LogP contribution >= 0.6 is 12.4 Å². The molecular formula is C32H34ClN5O3. The summed E-state index contributed by atoms with van der Waals surface area (Å²) >= 11 is 0. The Morgan fingerprint density at radius 2 is 1.63 bits per heavy atom. The number of benzene rings is 3. The summed E-state index contributed by atoms with van der Waals surface area (Å²) in [6.45, 7) is 2.51. The number of rotatable bonds is 7. The second-order valence-corrected chi connectivity index (χ2v) is 10.6. The van der Waals surface area contributed by atoms with E-state index in [1.807, 2.05) is 66.9 Å². The molecule has 9 heteroatoms. The number of fused-ring (bicyclic) bond motifs is 2. The molecule has 1 atom stereocenters. The van der Waals surface area contributed by atoms with Crippen molar-refractivity contribution in [2.45, 2.75) is 38.4 Å². The first kappa shape index (κ1) is 28.4. The second-order valence-electron chi connectivity index (χ2n) is 10.6. The highest BCUT2D eigenvalue weighted by Crippen LogP contribution is 2.28. The van der Waals surface area contributed by atoms with Gasteiger partial charge in [0.15, 0.2) is 0 Å². The topological polar surface area (TPSA) is 106 Å². The van der Waals surface area contributed by atoms with Crippen molar-refractivity contribution in [3.8, 4) is 0 Å². The molecule has 4 N–H and O–H groups in total. The van der Waals surface area contributed by atoms with Gasteiger partial charge in [0.2, 0.25) is 11.8 Å². The van der Waals surface area contributed by atoms with Crippen molar-refractivity contribution in [3.05, 3.63) is 101 Å². The fourth-order valence-corrected chi connectivity index (χ4v) is 5.74. The summed E-state index contributed by atoms with van der Waals surface area (Å²) in [5.74, 6) is -0.419. The van der Waals surface area contributed by atoms with Gasteiger partial charge >= 0.3 is 0 Å². The standard InChI is InChI=1S/C32H33N5O3.ClH/c38-30(21-6-2-1-3-7-21)35-26-11-10-23-19-37(20-25(23)16-26)32(40)29(36-31(39)22-12-14-33-15-13-22)17-24-18-34-28-9-5-4-8-27(24)28;/h1-11,16,18,22,29,33-34H,12-15,17,19-20H2,(H,35,38)(H,36,39);1H/t29-;/m1./s1. The fourth-order valence-electron chi connectivity index (χ4n) is 5.74. The van der Waals surface area contributed by atoms with E-state index in [1.54, 1.807) is 17.0 Å². The molecule has 0 radical (unpaired) electrons. The van der Waals surface area contributed by atoms with Gasteiger partial charge in [-0.25, -0.2) is 0 Å². The smallest absolute Gasteiger partial charge is 0.255 e. The zero-order valence-corrected chi connectivity index (χ0v) is 23.5. The van der Waals surface area contributed by atoms with Crippen LogP contribution in [-0.2, 0) is 29.1 Å². The van der Waals surface area contributed by atoms with Gasteiger partial charge in [0.05, 0.1) is 0 Å². The van der Waals surface area contributed by atoms with E-state index < -0.39 is 6.04 Å². The van der Waals surface area contributed by atoms with Crippen LogP contribution in [0.2, 0.25) is 0 Å². The van der Waals surface area contributed by atoms with Crippen LogP contribution < -0.4 is 16.0 Å². The molecule has 2 aliphatic heterocycles. The molecular weight excluding hydrogens is 538 g/mol. The fraction of sp³-hybridized carbons (Fsp3) is 0.281. The van der Waals surface area contributed by atoms with Crippen molar-refractivity contribution in [3.63, 3.8) is 0 Å². The van der Waals surface area contributed by atoms with Crippen LogP contribution in [-0.4, -0.2) is 46.7 Å². The molecule has 1 saturated heterocycles. The average molecular weight is 572 g/mol. The molecule has 41 heavy (non-hydrogen) atoms. The highest BCUT2D eigenvalue weighted by atomic mass is 35.5. The monoisotopic (exact) mass is 571 g/mol. The number of carbonyl (C=O) groups excluding carboxylic acids is 3. The lowest BCUT2D eigenvalue weighted by Gasteiger charge is -2.27. The third-order valence-electron chi connectivity index (χ3n) is 7.96. The van der Waals surface area contributed by atoms with Crippen LogP contribution in [0.5, 0.6) is 0 Å². The minimum absolute atomic E-state index is 0. The molecule has 0 bridgehead atoms. The molecule has 6 rings (SSSR count). The Hall–Kier alpha value is -4.14. The number of piperidine rings is 1. The summed E-state index contributed by atoms with van der Waals surface area (Å²) in [6.07, 6.45) is 3.88. The number of amides is 3. The Morgan fingerprint density at radius 3 is 2.44 bits per heavy atom. The summed E-state index contributed by atoms with van der Waals surface area (Å²) in [7, 11) is 0. The molecule has 212 valence electrons. The number of aromatic amines is 1. The first-order chi connectivity index (χ1) is 19.5. The normalized spacial score (nSPS) is 15.6. The molecule has 2 aliphatic rings. The molecule has 3 aromatic carbocycles. The third kappa shape index (κ3) is 6.29. The largest absolute Gasteiger partial charge is 0.361 e. The van der Waals surface area contributed by atoms with Gasteiger partial charge in [0.25, 0.3) is 5.91 Å². The number of nitrogens with zero attached hydrogens (tertiary/aromatic N) is 1. The predicted molar refractivity (Wildman–Crippen MR) is 162 cm³/mol. The van der Waals surface area contributed by atoms with Crippen LogP contribution in [0.1, 0.15) is 39.9 Å². The van der Waals surface area contributed by atoms with Gasteiger partial charge in [-0.2, -0.15) is 0 Å². The number of carbonyl (C=O) groups is 3. The second kappa shape index (κ2) is 12.6. The lowest BCUT2D eigenvalue weighted by Crippen LogP contribution is -2.50. The molecule has 0 unspecified atom stereocenters. The number of H-pyrrole nitrogens is 1. The van der Waals surface area contributed by atoms with Gasteiger partial charge in [-0.05, 0) is 73.0 Å². The van der Waals surface area contributed by atoms with Crippen LogP contribution in [0.4, 0.5) is 5.69 Å². The third-order valence-corrected chi connectivity index (χ3v) is 7.96. The lowest BCUT2D eigenvalue weighted by molar-refractivity contribution is -0.138. The zero-order chi connectivity index (χ0) is 27.5. The van der Waals surface area contributed by atoms with Crippen LogP contribution in [0, 0.1) is 5.92 Å². The SMILES string of the molecule is Cl.O=C(Nc1ccc2c(c1)CN(C(=O)[C@@H](Cc1c[nH]c3ccccc13)NC(=O)C1CCNCC1)C2)c1ccccc1. The van der Waals surface area contributed by atoms with E-state index in [9.17, 15) is 14.4 Å². The molecule has 1 fully saturated rings. The zero-order valence-electron chi connectivity index (χ0n) is 22.7. The van der Waals surface area contributed by atoms with E-state index in [1.165, 1.54) is 0 Å². The summed E-state index contributed by atoms with van der Waals surface area (Å²) < 4.78 is 0. The highest BCUT2D eigenvalue weighted by Gasteiger charge is 2.33. The molecule has 3 heterocycles. The average Bonchev–Trinajstić information content (AvgIpc) is 3.61. The number of anilines is 1. The minimum Gasteiger partial charge on any atom is -0.361 e. The van der Waals surface area contributed by atoms with Gasteiger partial charge in [-0.1, -0.05) is 42.5 Å². The Kier molecular flexibility index (Phi) is 8.71. The maximum Gasteiger partial charge on any atom is 0.255 e. The van der Waals surface area contributed by atoms with Gasteiger partial charge in [0, 0.05) is 53.8 Å². The van der Waals surface area contributed by atoms with Crippen molar-refractivity contribution in [1.29, 1.82) is 0 Å². The summed E-state index contributed by atoms with van der Waals surface area (Å²) in [6, 6.07) is 22.2. The van der Waals surface area contributed by atoms with Crippen molar-refractivity contribution in [1.82, 2.24) is 20.5 Å². The molecule has 1 aromatic heterocycles. The first-order valence-electron chi connectivity index (χ1n) is 13.9. The van der Waals surface area contributed by atoms with Crippen LogP contribution in [0.3, 0.4) is 0 Å². The predicted octanol–water partition coefficient (Wildman–Crippen LogP) is 4.41. The number of para-hydroxylation sites is 1. The van der Waals surface area contributed by atoms with E-state index in [-0.39, 0.29) is 36.0 Å². The molecule has 0 spiro atoms.